The molecular formula is C16H17FN2O. The number of nitrogen functional groups attached to an aromatic ring is 1. The van der Waals surface area contributed by atoms with Crippen LogP contribution in [-0.2, 0) is 6.54 Å². The van der Waals surface area contributed by atoms with Gasteiger partial charge >= 0.3 is 0 Å². The summed E-state index contributed by atoms with van der Waals surface area (Å²) in [6.45, 7) is 3.54. The number of anilines is 2. The summed E-state index contributed by atoms with van der Waals surface area (Å²) in [5.74, 6) is 0.633. The fourth-order valence-corrected chi connectivity index (χ4v) is 2.50. The number of hydrogen-bond acceptors (Lipinski definition) is 3. The van der Waals surface area contributed by atoms with E-state index < -0.39 is 0 Å². The molecule has 4 heteroatoms. The van der Waals surface area contributed by atoms with Crippen LogP contribution in [0.4, 0.5) is 15.8 Å². The molecule has 0 saturated heterocycles. The molecule has 0 aromatic heterocycles. The third-order valence-electron chi connectivity index (χ3n) is 3.42. The summed E-state index contributed by atoms with van der Waals surface area (Å²) >= 11 is 0. The van der Waals surface area contributed by atoms with Crippen molar-refractivity contribution in [3.05, 3.63) is 53.8 Å². The fourth-order valence-electron chi connectivity index (χ4n) is 2.50. The van der Waals surface area contributed by atoms with Gasteiger partial charge in [-0.05, 0) is 42.8 Å². The summed E-state index contributed by atoms with van der Waals surface area (Å²) in [6, 6.07) is 12.2. The van der Waals surface area contributed by atoms with Crippen molar-refractivity contribution in [1.82, 2.24) is 0 Å². The van der Waals surface area contributed by atoms with E-state index in [0.29, 0.717) is 12.2 Å². The van der Waals surface area contributed by atoms with Crippen molar-refractivity contribution >= 4 is 11.4 Å². The van der Waals surface area contributed by atoms with Crippen molar-refractivity contribution in [3.8, 4) is 5.75 Å². The zero-order valence-electron chi connectivity index (χ0n) is 11.3. The van der Waals surface area contributed by atoms with E-state index in [2.05, 4.69) is 4.90 Å². The Morgan fingerprint density at radius 2 is 2.00 bits per heavy atom. The van der Waals surface area contributed by atoms with Crippen LogP contribution >= 0.6 is 0 Å². The van der Waals surface area contributed by atoms with Crippen LogP contribution in [0.3, 0.4) is 0 Å². The summed E-state index contributed by atoms with van der Waals surface area (Å²) in [7, 11) is 0. The maximum atomic E-state index is 13.0. The Hall–Kier alpha value is -2.23. The zero-order valence-corrected chi connectivity index (χ0v) is 11.3. The van der Waals surface area contributed by atoms with Crippen molar-refractivity contribution in [3.63, 3.8) is 0 Å². The second-order valence-electron chi connectivity index (χ2n) is 5.16. The highest BCUT2D eigenvalue weighted by Crippen LogP contribution is 2.35. The van der Waals surface area contributed by atoms with E-state index in [1.807, 2.05) is 25.1 Å². The highest BCUT2D eigenvalue weighted by molar-refractivity contribution is 5.66. The molecule has 20 heavy (non-hydrogen) atoms. The van der Waals surface area contributed by atoms with Gasteiger partial charge in [0.1, 0.15) is 17.7 Å². The van der Waals surface area contributed by atoms with E-state index in [-0.39, 0.29) is 11.9 Å². The van der Waals surface area contributed by atoms with Gasteiger partial charge < -0.3 is 15.4 Å². The molecule has 0 amide bonds. The first kappa shape index (κ1) is 12.8. The minimum absolute atomic E-state index is 0.117. The number of nitrogens with two attached hydrogens (primary N) is 1. The summed E-state index contributed by atoms with van der Waals surface area (Å²) in [5.41, 5.74) is 8.63. The molecule has 1 aliphatic rings. The average molecular weight is 272 g/mol. The molecule has 0 spiro atoms. The van der Waals surface area contributed by atoms with Crippen LogP contribution in [0.1, 0.15) is 12.5 Å². The van der Waals surface area contributed by atoms with E-state index in [9.17, 15) is 4.39 Å². The molecule has 1 heterocycles. The molecule has 1 unspecified atom stereocenters. The van der Waals surface area contributed by atoms with Crippen LogP contribution in [0.5, 0.6) is 5.75 Å². The van der Waals surface area contributed by atoms with E-state index >= 15 is 0 Å². The molecule has 0 radical (unpaired) electrons. The van der Waals surface area contributed by atoms with Crippen molar-refractivity contribution in [2.24, 2.45) is 0 Å². The molecule has 3 nitrogen and oxygen atoms in total. The smallest absolute Gasteiger partial charge is 0.143 e. The molecule has 0 bridgehead atoms. The molecular weight excluding hydrogens is 255 g/mol. The van der Waals surface area contributed by atoms with Gasteiger partial charge in [-0.25, -0.2) is 4.39 Å². The predicted octanol–water partition coefficient (Wildman–Crippen LogP) is 3.20. The Morgan fingerprint density at radius 1 is 1.25 bits per heavy atom. The topological polar surface area (TPSA) is 38.5 Å². The number of ether oxygens (including phenoxy) is 1. The lowest BCUT2D eigenvalue weighted by Crippen LogP contribution is -2.38. The van der Waals surface area contributed by atoms with E-state index in [1.54, 1.807) is 12.1 Å². The average Bonchev–Trinajstić information content (AvgIpc) is 2.42. The lowest BCUT2D eigenvalue weighted by molar-refractivity contribution is 0.212. The highest BCUT2D eigenvalue weighted by Gasteiger charge is 2.23. The molecule has 104 valence electrons. The largest absolute Gasteiger partial charge is 0.487 e. The molecule has 2 N–H and O–H groups in total. The number of halogens is 1. The molecule has 0 fully saturated rings. The minimum atomic E-state index is -0.214. The number of nitrogens with zero attached hydrogens (tertiary/aromatic N) is 1. The van der Waals surface area contributed by atoms with Crippen LogP contribution in [0, 0.1) is 5.82 Å². The van der Waals surface area contributed by atoms with Gasteiger partial charge in [0, 0.05) is 12.2 Å². The normalized spacial score (nSPS) is 17.5. The lowest BCUT2D eigenvalue weighted by Gasteiger charge is -2.35. The van der Waals surface area contributed by atoms with Crippen LogP contribution in [0.25, 0.3) is 0 Å². The summed E-state index contributed by atoms with van der Waals surface area (Å²) in [6.07, 6.45) is 0.117. The van der Waals surface area contributed by atoms with Gasteiger partial charge in [-0.15, -0.1) is 0 Å². The van der Waals surface area contributed by atoms with Gasteiger partial charge in [0.2, 0.25) is 0 Å². The first-order valence-electron chi connectivity index (χ1n) is 6.67. The summed E-state index contributed by atoms with van der Waals surface area (Å²) < 4.78 is 18.8. The third-order valence-corrected chi connectivity index (χ3v) is 3.42. The van der Waals surface area contributed by atoms with Crippen molar-refractivity contribution in [1.29, 1.82) is 0 Å². The van der Waals surface area contributed by atoms with Gasteiger partial charge in [-0.1, -0.05) is 12.1 Å². The Bertz CT molecular complexity index is 612. The number of fused-ring (bicyclic) bond motifs is 1. The SMILES string of the molecule is CC1CN(Cc2ccc(F)cc2)c2cc(N)ccc2O1. The van der Waals surface area contributed by atoms with Gasteiger partial charge in [-0.2, -0.15) is 0 Å². The number of benzene rings is 2. The molecule has 0 saturated carbocycles. The van der Waals surface area contributed by atoms with Crippen molar-refractivity contribution in [2.45, 2.75) is 19.6 Å². The number of hydrogen-bond donors (Lipinski definition) is 1. The van der Waals surface area contributed by atoms with Crippen LogP contribution in [-0.4, -0.2) is 12.6 Å². The predicted molar refractivity (Wildman–Crippen MR) is 78.4 cm³/mol. The molecule has 1 aliphatic heterocycles. The second-order valence-corrected chi connectivity index (χ2v) is 5.16. The van der Waals surface area contributed by atoms with Crippen molar-refractivity contribution < 1.29 is 9.13 Å². The van der Waals surface area contributed by atoms with Crippen LogP contribution in [0.15, 0.2) is 42.5 Å². The minimum Gasteiger partial charge on any atom is -0.487 e. The van der Waals surface area contributed by atoms with Gasteiger partial charge in [-0.3, -0.25) is 0 Å². The second kappa shape index (κ2) is 5.04. The van der Waals surface area contributed by atoms with Gasteiger partial charge in [0.15, 0.2) is 0 Å². The van der Waals surface area contributed by atoms with Crippen molar-refractivity contribution in [2.75, 3.05) is 17.2 Å². The summed E-state index contributed by atoms with van der Waals surface area (Å²) in [4.78, 5) is 2.22. The number of rotatable bonds is 2. The zero-order chi connectivity index (χ0) is 14.1. The molecule has 2 aromatic rings. The van der Waals surface area contributed by atoms with E-state index in [0.717, 1.165) is 23.5 Å². The maximum Gasteiger partial charge on any atom is 0.143 e. The fraction of sp³-hybridized carbons (Fsp3) is 0.250. The van der Waals surface area contributed by atoms with Crippen LogP contribution < -0.4 is 15.4 Å². The Labute approximate surface area is 117 Å². The molecule has 0 aliphatic carbocycles. The van der Waals surface area contributed by atoms with Gasteiger partial charge in [0.25, 0.3) is 0 Å². The maximum absolute atomic E-state index is 13.0. The third kappa shape index (κ3) is 2.54. The van der Waals surface area contributed by atoms with Gasteiger partial charge in [0.05, 0.1) is 12.2 Å². The summed E-state index contributed by atoms with van der Waals surface area (Å²) in [5, 5.41) is 0. The van der Waals surface area contributed by atoms with E-state index in [1.165, 1.54) is 12.1 Å². The lowest BCUT2D eigenvalue weighted by atomic mass is 10.1. The first-order chi connectivity index (χ1) is 9.61. The van der Waals surface area contributed by atoms with Crippen LogP contribution in [0.2, 0.25) is 0 Å². The monoisotopic (exact) mass is 272 g/mol. The Morgan fingerprint density at radius 3 is 2.75 bits per heavy atom. The Balaban J connectivity index is 1.90. The first-order valence-corrected chi connectivity index (χ1v) is 6.67. The quantitative estimate of drug-likeness (QED) is 0.853. The van der Waals surface area contributed by atoms with E-state index in [4.69, 9.17) is 10.5 Å². The Kier molecular flexibility index (Phi) is 3.22. The molecule has 1 atom stereocenters. The standard InChI is InChI=1S/C16H17FN2O/c1-11-9-19(10-12-2-4-13(17)5-3-12)15-8-14(18)6-7-16(15)20-11/h2-8,11H,9-10,18H2,1H3. The molecule has 3 rings (SSSR count). The molecule has 2 aromatic carbocycles. The highest BCUT2D eigenvalue weighted by atomic mass is 19.1.